The number of nitrogens with one attached hydrogen (secondary N) is 2. The van der Waals surface area contributed by atoms with Gasteiger partial charge >= 0.3 is 0 Å². The molecule has 0 saturated heterocycles. The van der Waals surface area contributed by atoms with E-state index in [9.17, 15) is 9.59 Å². The van der Waals surface area contributed by atoms with Crippen molar-refractivity contribution in [2.24, 2.45) is 0 Å². The zero-order valence-corrected chi connectivity index (χ0v) is 13.9. The Morgan fingerprint density at radius 2 is 1.88 bits per heavy atom. The van der Waals surface area contributed by atoms with Crippen LogP contribution in [0.25, 0.3) is 0 Å². The summed E-state index contributed by atoms with van der Waals surface area (Å²) in [4.78, 5) is 23.6. The molecule has 0 spiro atoms. The van der Waals surface area contributed by atoms with E-state index in [1.165, 1.54) is 14.2 Å². The van der Waals surface area contributed by atoms with Crippen LogP contribution < -0.4 is 24.8 Å². The Hall–Kier alpha value is -3.22. The highest BCUT2D eigenvalue weighted by Crippen LogP contribution is 2.28. The van der Waals surface area contributed by atoms with E-state index in [1.54, 1.807) is 30.3 Å². The van der Waals surface area contributed by atoms with E-state index in [0.29, 0.717) is 35.0 Å². The van der Waals surface area contributed by atoms with Crippen molar-refractivity contribution in [2.45, 2.75) is 6.54 Å². The predicted molar refractivity (Wildman–Crippen MR) is 91.3 cm³/mol. The summed E-state index contributed by atoms with van der Waals surface area (Å²) in [6.07, 6.45) is 0. The first kappa shape index (κ1) is 16.6. The van der Waals surface area contributed by atoms with Crippen molar-refractivity contribution >= 4 is 17.5 Å². The van der Waals surface area contributed by atoms with Crippen molar-refractivity contribution in [3.05, 3.63) is 47.5 Å². The van der Waals surface area contributed by atoms with Crippen LogP contribution in [0, 0.1) is 0 Å². The number of hydrogen-bond acceptors (Lipinski definition) is 5. The average molecular weight is 342 g/mol. The number of fused-ring (bicyclic) bond motifs is 1. The number of carbonyl (C=O) groups is 2. The molecule has 3 rings (SSSR count). The van der Waals surface area contributed by atoms with E-state index in [1.807, 2.05) is 6.07 Å². The standard InChI is InChI=1S/C18H18N2O5/c1-23-13-6-12(7-14(8-13)24-2)18(22)19-9-11-3-4-15-16(5-11)25-10-17(21)20-15/h3-8H,9-10H2,1-2H3,(H,19,22)(H,20,21). The van der Waals surface area contributed by atoms with Gasteiger partial charge in [-0.05, 0) is 29.8 Å². The van der Waals surface area contributed by atoms with Crippen LogP contribution in [-0.2, 0) is 11.3 Å². The summed E-state index contributed by atoms with van der Waals surface area (Å²) in [6, 6.07) is 10.3. The third-order valence-electron chi connectivity index (χ3n) is 3.75. The lowest BCUT2D eigenvalue weighted by Crippen LogP contribution is -2.26. The largest absolute Gasteiger partial charge is 0.497 e. The molecular weight excluding hydrogens is 324 g/mol. The lowest BCUT2D eigenvalue weighted by Gasteiger charge is -2.18. The molecule has 2 aromatic carbocycles. The Bertz CT molecular complexity index is 797. The fourth-order valence-corrected chi connectivity index (χ4v) is 2.45. The van der Waals surface area contributed by atoms with Gasteiger partial charge in [0.1, 0.15) is 17.2 Å². The third kappa shape index (κ3) is 3.82. The minimum absolute atomic E-state index is 0.00752. The second kappa shape index (κ2) is 7.12. The van der Waals surface area contributed by atoms with Crippen LogP contribution in [0.4, 0.5) is 5.69 Å². The minimum atomic E-state index is -0.246. The van der Waals surface area contributed by atoms with Gasteiger partial charge in [-0.2, -0.15) is 0 Å². The molecule has 25 heavy (non-hydrogen) atoms. The van der Waals surface area contributed by atoms with Gasteiger partial charge in [-0.1, -0.05) is 6.07 Å². The number of amides is 2. The minimum Gasteiger partial charge on any atom is -0.497 e. The maximum atomic E-state index is 12.4. The smallest absolute Gasteiger partial charge is 0.262 e. The first-order chi connectivity index (χ1) is 12.1. The Labute approximate surface area is 144 Å². The van der Waals surface area contributed by atoms with Crippen molar-refractivity contribution in [1.29, 1.82) is 0 Å². The molecule has 0 unspecified atom stereocenters. The number of rotatable bonds is 5. The van der Waals surface area contributed by atoms with Gasteiger partial charge in [0, 0.05) is 18.2 Å². The molecule has 0 saturated carbocycles. The molecule has 2 aromatic rings. The summed E-state index contributed by atoms with van der Waals surface area (Å²) in [5.41, 5.74) is 1.93. The highest BCUT2D eigenvalue weighted by atomic mass is 16.5. The van der Waals surface area contributed by atoms with Crippen molar-refractivity contribution in [2.75, 3.05) is 26.1 Å². The van der Waals surface area contributed by atoms with Gasteiger partial charge < -0.3 is 24.8 Å². The van der Waals surface area contributed by atoms with Gasteiger partial charge in [-0.3, -0.25) is 9.59 Å². The molecule has 0 atom stereocenters. The Balaban J connectivity index is 1.69. The topological polar surface area (TPSA) is 85.9 Å². The average Bonchev–Trinajstić information content (AvgIpc) is 2.65. The summed E-state index contributed by atoms with van der Waals surface area (Å²) in [7, 11) is 3.06. The van der Waals surface area contributed by atoms with Gasteiger partial charge in [-0.15, -0.1) is 0 Å². The Morgan fingerprint density at radius 3 is 2.56 bits per heavy atom. The van der Waals surface area contributed by atoms with Crippen molar-refractivity contribution < 1.29 is 23.8 Å². The molecule has 1 aliphatic rings. The van der Waals surface area contributed by atoms with E-state index in [2.05, 4.69) is 10.6 Å². The molecule has 2 N–H and O–H groups in total. The number of methoxy groups -OCH3 is 2. The number of hydrogen-bond donors (Lipinski definition) is 2. The van der Waals surface area contributed by atoms with Gasteiger partial charge in [0.25, 0.3) is 11.8 Å². The monoisotopic (exact) mass is 342 g/mol. The molecule has 0 aromatic heterocycles. The zero-order valence-electron chi connectivity index (χ0n) is 13.9. The maximum absolute atomic E-state index is 12.4. The van der Waals surface area contributed by atoms with Crippen LogP contribution in [-0.4, -0.2) is 32.6 Å². The molecule has 0 bridgehead atoms. The summed E-state index contributed by atoms with van der Waals surface area (Å²) < 4.78 is 15.7. The van der Waals surface area contributed by atoms with E-state index in [0.717, 1.165) is 5.56 Å². The fourth-order valence-electron chi connectivity index (χ4n) is 2.45. The molecule has 0 fully saturated rings. The van der Waals surface area contributed by atoms with Crippen LogP contribution in [0.5, 0.6) is 17.2 Å². The van der Waals surface area contributed by atoms with Crippen molar-refractivity contribution in [3.63, 3.8) is 0 Å². The molecule has 0 radical (unpaired) electrons. The predicted octanol–water partition coefficient (Wildman–Crippen LogP) is 1.96. The lowest BCUT2D eigenvalue weighted by molar-refractivity contribution is -0.118. The molecule has 1 aliphatic heterocycles. The maximum Gasteiger partial charge on any atom is 0.262 e. The molecular formula is C18H18N2O5. The Kier molecular flexibility index (Phi) is 4.74. The summed E-state index contributed by atoms with van der Waals surface area (Å²) in [6.45, 7) is 0.315. The van der Waals surface area contributed by atoms with Crippen molar-refractivity contribution in [3.8, 4) is 17.2 Å². The van der Waals surface area contributed by atoms with Crippen LogP contribution in [0.3, 0.4) is 0 Å². The molecule has 0 aliphatic carbocycles. The van der Waals surface area contributed by atoms with E-state index >= 15 is 0 Å². The van der Waals surface area contributed by atoms with Crippen molar-refractivity contribution in [1.82, 2.24) is 5.32 Å². The molecule has 130 valence electrons. The van der Waals surface area contributed by atoms with Gasteiger partial charge in [0.05, 0.1) is 19.9 Å². The third-order valence-corrected chi connectivity index (χ3v) is 3.75. The molecule has 7 nitrogen and oxygen atoms in total. The second-order valence-corrected chi connectivity index (χ2v) is 5.45. The molecule has 7 heteroatoms. The first-order valence-electron chi connectivity index (χ1n) is 7.66. The number of carbonyl (C=O) groups excluding carboxylic acids is 2. The number of anilines is 1. The molecule has 2 amide bonds. The molecule has 1 heterocycles. The van der Waals surface area contributed by atoms with Crippen LogP contribution in [0.15, 0.2) is 36.4 Å². The van der Waals surface area contributed by atoms with Gasteiger partial charge in [0.15, 0.2) is 6.61 Å². The van der Waals surface area contributed by atoms with E-state index in [-0.39, 0.29) is 18.4 Å². The van der Waals surface area contributed by atoms with Crippen LogP contribution in [0.1, 0.15) is 15.9 Å². The zero-order chi connectivity index (χ0) is 17.8. The quantitative estimate of drug-likeness (QED) is 0.868. The first-order valence-corrected chi connectivity index (χ1v) is 7.66. The summed E-state index contributed by atoms with van der Waals surface area (Å²) >= 11 is 0. The van der Waals surface area contributed by atoms with Crippen LogP contribution >= 0.6 is 0 Å². The van der Waals surface area contributed by atoms with Gasteiger partial charge in [0.2, 0.25) is 0 Å². The highest BCUT2D eigenvalue weighted by Gasteiger charge is 2.16. The van der Waals surface area contributed by atoms with Crippen LogP contribution in [0.2, 0.25) is 0 Å². The van der Waals surface area contributed by atoms with E-state index < -0.39 is 0 Å². The highest BCUT2D eigenvalue weighted by molar-refractivity contribution is 5.96. The lowest BCUT2D eigenvalue weighted by atomic mass is 10.1. The Morgan fingerprint density at radius 1 is 1.16 bits per heavy atom. The fraction of sp³-hybridized carbons (Fsp3) is 0.222. The summed E-state index contributed by atoms with van der Waals surface area (Å²) in [5.74, 6) is 1.25. The summed E-state index contributed by atoms with van der Waals surface area (Å²) in [5, 5.41) is 5.56. The SMILES string of the molecule is COc1cc(OC)cc(C(=O)NCc2ccc3c(c2)OCC(=O)N3)c1. The number of ether oxygens (including phenoxy) is 3. The second-order valence-electron chi connectivity index (χ2n) is 5.45. The van der Waals surface area contributed by atoms with E-state index in [4.69, 9.17) is 14.2 Å². The number of benzene rings is 2. The normalized spacial score (nSPS) is 12.5. The van der Waals surface area contributed by atoms with Gasteiger partial charge in [-0.25, -0.2) is 0 Å².